The molecule has 0 saturated heterocycles. The predicted molar refractivity (Wildman–Crippen MR) is 142 cm³/mol. The normalized spacial score (nSPS) is 12.0. The van der Waals surface area contributed by atoms with Crippen LogP contribution in [-0.4, -0.2) is 41.6 Å². The minimum atomic E-state index is -0.270. The van der Waals surface area contributed by atoms with Gasteiger partial charge in [0, 0.05) is 23.7 Å². The molecule has 36 heavy (non-hydrogen) atoms. The van der Waals surface area contributed by atoms with E-state index < -0.39 is 0 Å². The van der Waals surface area contributed by atoms with Gasteiger partial charge in [-0.15, -0.1) is 11.3 Å². The van der Waals surface area contributed by atoms with Crippen molar-refractivity contribution in [2.45, 2.75) is 40.8 Å². The van der Waals surface area contributed by atoms with Gasteiger partial charge in [-0.2, -0.15) is 0 Å². The number of aryl methyl sites for hydroxylation is 2. The van der Waals surface area contributed by atoms with Gasteiger partial charge in [0.25, 0.3) is 0 Å². The molecule has 1 aliphatic rings. The third-order valence-electron chi connectivity index (χ3n) is 6.00. The molecule has 190 valence electrons. The number of carbonyl (C=O) groups excluding carboxylic acids is 2. The van der Waals surface area contributed by atoms with Crippen LogP contribution in [0.5, 0.6) is 11.5 Å². The molecule has 0 atom stereocenters. The Balaban J connectivity index is 1.53. The molecule has 4 rings (SSSR count). The Bertz CT molecular complexity index is 1190. The second-order valence-corrected chi connectivity index (χ2v) is 10.5. The number of thiophene rings is 1. The molecule has 3 amide bonds. The van der Waals surface area contributed by atoms with Crippen LogP contribution in [0.2, 0.25) is 0 Å². The first-order chi connectivity index (χ1) is 17.3. The van der Waals surface area contributed by atoms with E-state index in [1.807, 2.05) is 81.6 Å². The van der Waals surface area contributed by atoms with Crippen LogP contribution < -0.4 is 14.8 Å². The lowest BCUT2D eigenvalue weighted by atomic mass is 10.1. The summed E-state index contributed by atoms with van der Waals surface area (Å²) in [5.74, 6) is 1.49. The molecule has 0 radical (unpaired) electrons. The largest absolute Gasteiger partial charge is 0.454 e. The van der Waals surface area contributed by atoms with E-state index in [1.54, 1.807) is 21.1 Å². The van der Waals surface area contributed by atoms with Crippen LogP contribution in [-0.2, 0) is 17.9 Å². The summed E-state index contributed by atoms with van der Waals surface area (Å²) >= 11 is 1.61. The zero-order valence-corrected chi connectivity index (χ0v) is 22.1. The molecular formula is C28H33N3O4S. The number of hydrogen-bond acceptors (Lipinski definition) is 5. The second kappa shape index (κ2) is 11.5. The van der Waals surface area contributed by atoms with E-state index in [2.05, 4.69) is 5.32 Å². The molecule has 0 aliphatic carbocycles. The van der Waals surface area contributed by atoms with E-state index in [1.165, 1.54) is 0 Å². The van der Waals surface area contributed by atoms with Gasteiger partial charge in [-0.3, -0.25) is 4.79 Å². The average molecular weight is 508 g/mol. The van der Waals surface area contributed by atoms with Crippen LogP contribution >= 0.6 is 11.3 Å². The van der Waals surface area contributed by atoms with Crippen molar-refractivity contribution in [3.05, 3.63) is 75.5 Å². The fourth-order valence-corrected chi connectivity index (χ4v) is 4.92. The smallest absolute Gasteiger partial charge is 0.322 e. The van der Waals surface area contributed by atoms with Crippen LogP contribution in [0.3, 0.4) is 0 Å². The lowest BCUT2D eigenvalue weighted by molar-refractivity contribution is -0.133. The summed E-state index contributed by atoms with van der Waals surface area (Å²) in [4.78, 5) is 31.5. The third kappa shape index (κ3) is 6.37. The maximum absolute atomic E-state index is 13.6. The first-order valence-electron chi connectivity index (χ1n) is 12.1. The summed E-state index contributed by atoms with van der Waals surface area (Å²) in [6.45, 7) is 9.56. The van der Waals surface area contributed by atoms with E-state index in [0.29, 0.717) is 31.1 Å². The van der Waals surface area contributed by atoms with Crippen molar-refractivity contribution in [1.82, 2.24) is 9.80 Å². The molecule has 1 aromatic heterocycles. The fourth-order valence-electron chi connectivity index (χ4n) is 4.20. The molecule has 0 saturated carbocycles. The summed E-state index contributed by atoms with van der Waals surface area (Å²) in [6, 6.07) is 15.4. The Morgan fingerprint density at radius 1 is 0.972 bits per heavy atom. The quantitative estimate of drug-likeness (QED) is 0.397. The SMILES string of the molecule is Cc1cccc(C)c1NC(=O)N(CC(=O)N(Cc1ccc2c(c1)OCO2)Cc1cccs1)CC(C)C. The van der Waals surface area contributed by atoms with Crippen molar-refractivity contribution in [2.75, 3.05) is 25.2 Å². The lowest BCUT2D eigenvalue weighted by Gasteiger charge is -2.29. The lowest BCUT2D eigenvalue weighted by Crippen LogP contribution is -2.45. The maximum atomic E-state index is 13.6. The van der Waals surface area contributed by atoms with Crippen molar-refractivity contribution in [1.29, 1.82) is 0 Å². The Kier molecular flexibility index (Phi) is 8.15. The Labute approximate surface area is 216 Å². The number of nitrogens with zero attached hydrogens (tertiary/aromatic N) is 2. The Morgan fingerprint density at radius 3 is 2.42 bits per heavy atom. The minimum Gasteiger partial charge on any atom is -0.454 e. The van der Waals surface area contributed by atoms with E-state index in [9.17, 15) is 9.59 Å². The number of fused-ring (bicyclic) bond motifs is 1. The molecule has 1 aliphatic heterocycles. The number of hydrogen-bond donors (Lipinski definition) is 1. The van der Waals surface area contributed by atoms with Gasteiger partial charge in [0.05, 0.1) is 6.54 Å². The number of urea groups is 1. The molecule has 2 aromatic carbocycles. The summed E-state index contributed by atoms with van der Waals surface area (Å²) in [5, 5.41) is 5.04. The molecule has 0 unspecified atom stereocenters. The molecule has 0 spiro atoms. The van der Waals surface area contributed by atoms with E-state index in [-0.39, 0.29) is 31.2 Å². The van der Waals surface area contributed by atoms with Crippen molar-refractivity contribution < 1.29 is 19.1 Å². The van der Waals surface area contributed by atoms with Gasteiger partial charge in [0.1, 0.15) is 6.54 Å². The standard InChI is InChI=1S/C28H33N3O4S/c1-19(2)14-31(28(33)29-27-20(3)7-5-8-21(27)4)17-26(32)30(16-23-9-6-12-36-23)15-22-10-11-24-25(13-22)35-18-34-24/h5-13,19H,14-18H2,1-4H3,(H,29,33). The highest BCUT2D eigenvalue weighted by molar-refractivity contribution is 7.09. The maximum Gasteiger partial charge on any atom is 0.322 e. The number of para-hydroxylation sites is 1. The van der Waals surface area contributed by atoms with Crippen LogP contribution in [0.1, 0.15) is 35.4 Å². The molecule has 0 fully saturated rings. The van der Waals surface area contributed by atoms with Crippen molar-refractivity contribution in [3.8, 4) is 11.5 Å². The highest BCUT2D eigenvalue weighted by atomic mass is 32.1. The van der Waals surface area contributed by atoms with Crippen molar-refractivity contribution >= 4 is 29.0 Å². The highest BCUT2D eigenvalue weighted by Gasteiger charge is 2.24. The summed E-state index contributed by atoms with van der Waals surface area (Å²) in [5.41, 5.74) is 3.71. The van der Waals surface area contributed by atoms with Crippen LogP contribution in [0, 0.1) is 19.8 Å². The van der Waals surface area contributed by atoms with Gasteiger partial charge in [-0.05, 0) is 60.0 Å². The number of ether oxygens (including phenoxy) is 2. The average Bonchev–Trinajstić information content (AvgIpc) is 3.52. The number of anilines is 1. The van der Waals surface area contributed by atoms with Crippen molar-refractivity contribution in [2.24, 2.45) is 5.92 Å². The van der Waals surface area contributed by atoms with Gasteiger partial charge in [-0.25, -0.2) is 4.79 Å². The van der Waals surface area contributed by atoms with Crippen molar-refractivity contribution in [3.63, 3.8) is 0 Å². The number of rotatable bonds is 9. The number of nitrogens with one attached hydrogen (secondary N) is 1. The first kappa shape index (κ1) is 25.6. The van der Waals surface area contributed by atoms with E-state index in [4.69, 9.17) is 9.47 Å². The van der Waals surface area contributed by atoms with E-state index in [0.717, 1.165) is 27.3 Å². The Morgan fingerprint density at radius 2 is 1.72 bits per heavy atom. The van der Waals surface area contributed by atoms with Crippen LogP contribution in [0.15, 0.2) is 53.9 Å². The topological polar surface area (TPSA) is 71.1 Å². The van der Waals surface area contributed by atoms with Gasteiger partial charge in [0.15, 0.2) is 11.5 Å². The van der Waals surface area contributed by atoms with Crippen LogP contribution in [0.25, 0.3) is 0 Å². The molecule has 1 N–H and O–H groups in total. The molecule has 7 nitrogen and oxygen atoms in total. The number of benzene rings is 2. The summed E-state index contributed by atoms with van der Waals surface area (Å²) in [6.07, 6.45) is 0. The number of carbonyl (C=O) groups is 2. The van der Waals surface area contributed by atoms with Gasteiger partial charge >= 0.3 is 6.03 Å². The summed E-state index contributed by atoms with van der Waals surface area (Å²) < 4.78 is 10.9. The summed E-state index contributed by atoms with van der Waals surface area (Å²) in [7, 11) is 0. The zero-order chi connectivity index (χ0) is 25.7. The molecule has 0 bridgehead atoms. The second-order valence-electron chi connectivity index (χ2n) is 9.49. The molecule has 2 heterocycles. The highest BCUT2D eigenvalue weighted by Crippen LogP contribution is 2.33. The number of amides is 3. The van der Waals surface area contributed by atoms with Gasteiger partial charge in [0.2, 0.25) is 12.7 Å². The molecule has 8 heteroatoms. The van der Waals surface area contributed by atoms with Gasteiger partial charge < -0.3 is 24.6 Å². The fraction of sp³-hybridized carbons (Fsp3) is 0.357. The van der Waals surface area contributed by atoms with Gasteiger partial charge in [-0.1, -0.05) is 44.2 Å². The minimum absolute atomic E-state index is 0.00906. The van der Waals surface area contributed by atoms with Crippen LogP contribution in [0.4, 0.5) is 10.5 Å². The predicted octanol–water partition coefficient (Wildman–Crippen LogP) is 5.81. The zero-order valence-electron chi connectivity index (χ0n) is 21.2. The van der Waals surface area contributed by atoms with E-state index >= 15 is 0 Å². The molecular weight excluding hydrogens is 474 g/mol. The third-order valence-corrected chi connectivity index (χ3v) is 6.86. The first-order valence-corrected chi connectivity index (χ1v) is 13.0. The monoisotopic (exact) mass is 507 g/mol. The molecule has 3 aromatic rings. The Hall–Kier alpha value is -3.52.